The summed E-state index contributed by atoms with van der Waals surface area (Å²) >= 11 is 0. The van der Waals surface area contributed by atoms with Crippen molar-refractivity contribution in [2.24, 2.45) is 11.8 Å². The number of pyridine rings is 1. The van der Waals surface area contributed by atoms with Gasteiger partial charge in [-0.05, 0) is 133 Å². The molecular weight excluding hydrogens is 1590 g/mol. The summed E-state index contributed by atoms with van der Waals surface area (Å²) in [5.74, 6) is 1.96. The summed E-state index contributed by atoms with van der Waals surface area (Å²) in [4.78, 5) is 17.9. The van der Waals surface area contributed by atoms with E-state index in [1.807, 2.05) is 63.2 Å². The first kappa shape index (κ1) is 79.3. The van der Waals surface area contributed by atoms with Crippen LogP contribution in [0.1, 0.15) is 99.6 Å². The van der Waals surface area contributed by atoms with E-state index in [9.17, 15) is 0 Å². The van der Waals surface area contributed by atoms with Gasteiger partial charge in [0.1, 0.15) is 0 Å². The maximum absolute atomic E-state index is 3.76. The Kier molecular flexibility index (Phi) is 53.6. The molecule has 1 aromatic heterocycles. The maximum Gasteiger partial charge on any atom is 0.0162 e. The van der Waals surface area contributed by atoms with Gasteiger partial charge in [-0.1, -0.05) is 91.1 Å². The first-order valence-corrected chi connectivity index (χ1v) is 26.3. The Morgan fingerprint density at radius 2 is 0.757 bits per heavy atom. The Balaban J connectivity index is -0.000000370. The van der Waals surface area contributed by atoms with E-state index in [0.717, 1.165) is 24.9 Å². The van der Waals surface area contributed by atoms with Crippen molar-refractivity contribution in [2.75, 3.05) is 121 Å². The van der Waals surface area contributed by atoms with Crippen molar-refractivity contribution in [1.29, 1.82) is 0 Å². The van der Waals surface area contributed by atoms with Crippen LogP contribution in [0.2, 0.25) is 0 Å². The molecule has 0 radical (unpaired) electrons. The van der Waals surface area contributed by atoms with Crippen molar-refractivity contribution >= 4 is 0 Å². The SMILES string of the molecule is CC1=CCN(C)CC1.CC1=CCN(C)CC1.CC1CCN(C)CC1.CC1CCN(C)CC1.CN1CCN(C)CC1.Cc1[c-]cc(C)cc1.Cc1[c-]cc(C)cc1.Cc1cc[c-]cc1.Cc1cc[c-]nc1.[W].[W].[W].[W]. The van der Waals surface area contributed by atoms with Crippen LogP contribution in [-0.4, -0.2) is 155 Å². The third-order valence-corrected chi connectivity index (χ3v) is 12.9. The smallest absolute Gasteiger partial charge is 0.0162 e. The number of hydrogen-bond donors (Lipinski definition) is 0. The van der Waals surface area contributed by atoms with E-state index in [0.29, 0.717) is 0 Å². The molecule has 7 nitrogen and oxygen atoms in total. The van der Waals surface area contributed by atoms with Gasteiger partial charge in [-0.25, -0.2) is 0 Å². The minimum Gasteiger partial charge on any atom is -0.394 e. The molecule has 0 unspecified atom stereocenters. The molecule has 11 heteroatoms. The molecular formula is C63H101N7W4-4. The van der Waals surface area contributed by atoms with E-state index in [-0.39, 0.29) is 84.3 Å². The second kappa shape index (κ2) is 50.1. The second-order valence-electron chi connectivity index (χ2n) is 20.8. The van der Waals surface area contributed by atoms with E-state index in [4.69, 9.17) is 0 Å². The molecule has 9 rings (SSSR count). The third-order valence-electron chi connectivity index (χ3n) is 12.9. The predicted molar refractivity (Wildman–Crippen MR) is 306 cm³/mol. The fraction of sp³-hybridized carbons (Fsp3) is 0.571. The average Bonchev–Trinajstić information content (AvgIpc) is 3.35. The van der Waals surface area contributed by atoms with Gasteiger partial charge in [0.05, 0.1) is 0 Å². The van der Waals surface area contributed by atoms with E-state index in [1.54, 1.807) is 23.4 Å². The van der Waals surface area contributed by atoms with E-state index in [2.05, 4.69) is 186 Å². The van der Waals surface area contributed by atoms with Crippen LogP contribution in [0.3, 0.4) is 0 Å². The van der Waals surface area contributed by atoms with Crippen LogP contribution in [0.25, 0.3) is 0 Å². The molecule has 0 aliphatic carbocycles. The van der Waals surface area contributed by atoms with Crippen molar-refractivity contribution < 1.29 is 84.3 Å². The summed E-state index contributed by atoms with van der Waals surface area (Å²) in [6.45, 7) is 36.3. The molecule has 0 N–H and O–H groups in total. The summed E-state index contributed by atoms with van der Waals surface area (Å²) in [7, 11) is 13.1. The molecule has 0 amide bonds. The third kappa shape index (κ3) is 48.0. The van der Waals surface area contributed by atoms with Crippen LogP contribution in [0.4, 0.5) is 0 Å². The normalized spacial score (nSPS) is 17.1. The Morgan fingerprint density at radius 3 is 0.959 bits per heavy atom. The van der Waals surface area contributed by atoms with Crippen molar-refractivity contribution in [3.8, 4) is 0 Å². The zero-order valence-electron chi connectivity index (χ0n) is 49.3. The van der Waals surface area contributed by atoms with Crippen molar-refractivity contribution in [1.82, 2.24) is 34.4 Å². The summed E-state index contributed by atoms with van der Waals surface area (Å²) in [5.41, 5.74) is 10.5. The second-order valence-corrected chi connectivity index (χ2v) is 20.8. The molecule has 74 heavy (non-hydrogen) atoms. The van der Waals surface area contributed by atoms with Gasteiger partial charge in [-0.3, -0.25) is 0 Å². The first-order valence-electron chi connectivity index (χ1n) is 26.3. The topological polar surface area (TPSA) is 32.3 Å². The monoisotopic (exact) mass is 1690 g/mol. The van der Waals surface area contributed by atoms with Crippen LogP contribution in [0.5, 0.6) is 0 Å². The fourth-order valence-electron chi connectivity index (χ4n) is 6.95. The molecule has 0 bridgehead atoms. The van der Waals surface area contributed by atoms with Gasteiger partial charge in [0.25, 0.3) is 0 Å². The number of nitrogens with zero attached hydrogens (tertiary/aromatic N) is 7. The van der Waals surface area contributed by atoms with Gasteiger partial charge in [0.15, 0.2) is 0 Å². The molecule has 416 valence electrons. The van der Waals surface area contributed by atoms with Crippen LogP contribution in [0, 0.1) is 77.8 Å². The number of piperazine rings is 1. The zero-order valence-corrected chi connectivity index (χ0v) is 61.0. The summed E-state index contributed by atoms with van der Waals surface area (Å²) in [6.07, 6.45) is 17.2. The van der Waals surface area contributed by atoms with Crippen LogP contribution >= 0.6 is 0 Å². The number of piperidine rings is 2. The van der Waals surface area contributed by atoms with Crippen LogP contribution in [-0.2, 0) is 84.3 Å². The van der Waals surface area contributed by atoms with E-state index in [1.165, 1.54) is 137 Å². The minimum absolute atomic E-state index is 0. The molecule has 0 atom stereocenters. The van der Waals surface area contributed by atoms with E-state index >= 15 is 0 Å². The summed E-state index contributed by atoms with van der Waals surface area (Å²) in [6, 6.07) is 33.1. The molecule has 3 fully saturated rings. The molecule has 0 spiro atoms. The summed E-state index contributed by atoms with van der Waals surface area (Å²) < 4.78 is 0. The Morgan fingerprint density at radius 1 is 0.405 bits per heavy atom. The first-order chi connectivity index (χ1) is 33.3. The molecule has 5 aliphatic rings. The van der Waals surface area contributed by atoms with Crippen molar-refractivity contribution in [3.05, 3.63) is 160 Å². The van der Waals surface area contributed by atoms with E-state index < -0.39 is 0 Å². The van der Waals surface area contributed by atoms with Crippen molar-refractivity contribution in [3.63, 3.8) is 0 Å². The zero-order chi connectivity index (χ0) is 52.1. The van der Waals surface area contributed by atoms with Gasteiger partial charge in [-0.2, -0.15) is 119 Å². The predicted octanol–water partition coefficient (Wildman–Crippen LogP) is 12.3. The Bertz CT molecular complexity index is 1650. The number of hydrogen-bond acceptors (Lipinski definition) is 7. The molecule has 6 heterocycles. The molecule has 3 saturated heterocycles. The maximum atomic E-state index is 3.76. The number of aromatic nitrogens is 1. The number of rotatable bonds is 0. The Labute approximate surface area is 514 Å². The quantitative estimate of drug-likeness (QED) is 0.128. The van der Waals surface area contributed by atoms with Gasteiger partial charge in [-0.15, -0.1) is 5.56 Å². The largest absolute Gasteiger partial charge is 0.394 e. The molecule has 0 saturated carbocycles. The average molecular weight is 1690 g/mol. The number of benzene rings is 3. The van der Waals surface area contributed by atoms with Gasteiger partial charge in [0.2, 0.25) is 0 Å². The standard InChI is InChI=1S/2C8H9.2C7H15N.2C7H13N.C7H7.C6H14N2.C6H6N.4W/c6*1-7-3-5-8(2)6-4-7;1-7-5-3-2-4-6-7;1-7-3-5-8(2)6-4-7;1-6-3-2-4-7-5-6;;;;/h2*3-5H,1-2H3;2*7H,3-6H2,1-2H3;2*3H,4-6H2,1-2H3;3-6H,1H3;3-6H2,1-2H3;2-3,5H,1H3;;;;/q2*-1;;;;;-1;;-1;;;;. The Hall–Kier alpha value is -1.20. The molecule has 4 aromatic rings. The van der Waals surface area contributed by atoms with Gasteiger partial charge < -0.3 is 34.4 Å². The number of likely N-dealkylation sites (N-methyl/N-ethyl adjacent to an activating group) is 4. The fourth-order valence-corrected chi connectivity index (χ4v) is 6.95. The van der Waals surface area contributed by atoms with Crippen LogP contribution < -0.4 is 0 Å². The number of likely N-dealkylation sites (tertiary alicyclic amines) is 2. The van der Waals surface area contributed by atoms with Crippen molar-refractivity contribution in [2.45, 2.75) is 108 Å². The van der Waals surface area contributed by atoms with Gasteiger partial charge in [0, 0.05) is 137 Å². The molecule has 5 aliphatic heterocycles. The molecule has 3 aromatic carbocycles. The van der Waals surface area contributed by atoms with Gasteiger partial charge >= 0.3 is 0 Å². The van der Waals surface area contributed by atoms with Crippen LogP contribution in [0.15, 0.2) is 102 Å². The minimum atomic E-state index is 0. The summed E-state index contributed by atoms with van der Waals surface area (Å²) in [5, 5.41) is 0. The number of aryl methyl sites for hydroxylation is 6.